The van der Waals surface area contributed by atoms with Gasteiger partial charge in [0.2, 0.25) is 0 Å². The van der Waals surface area contributed by atoms with E-state index in [2.05, 4.69) is 23.2 Å². The molecular formula is C16H24N2O. The van der Waals surface area contributed by atoms with Gasteiger partial charge in [0.05, 0.1) is 6.54 Å². The lowest BCUT2D eigenvalue weighted by molar-refractivity contribution is 0.0945. The Morgan fingerprint density at radius 1 is 1.42 bits per heavy atom. The highest BCUT2D eigenvalue weighted by atomic mass is 16.1. The van der Waals surface area contributed by atoms with E-state index in [1.165, 1.54) is 17.7 Å². The van der Waals surface area contributed by atoms with Gasteiger partial charge in [0.25, 0.3) is 0 Å². The standard InChI is InChI=1S/C16H24N2O/c1-3-4-10-18(2)12-16(19)14-7-8-15-13(11-14)6-5-9-17-15/h7-8,11,17H,3-6,9-10,12H2,1-2H3. The van der Waals surface area contributed by atoms with E-state index in [9.17, 15) is 4.79 Å². The zero-order valence-corrected chi connectivity index (χ0v) is 12.0. The van der Waals surface area contributed by atoms with E-state index in [1.54, 1.807) is 0 Å². The number of Topliss-reactive ketones (excluding diaryl/α,β-unsaturated/α-hetero) is 1. The number of benzene rings is 1. The van der Waals surface area contributed by atoms with Crippen molar-refractivity contribution in [2.75, 3.05) is 32.0 Å². The summed E-state index contributed by atoms with van der Waals surface area (Å²) in [5.74, 6) is 0.229. The number of hydrogen-bond acceptors (Lipinski definition) is 3. The van der Waals surface area contributed by atoms with Gasteiger partial charge in [0.1, 0.15) is 0 Å². The number of aryl methyl sites for hydroxylation is 1. The molecule has 0 amide bonds. The highest BCUT2D eigenvalue weighted by Crippen LogP contribution is 2.23. The van der Waals surface area contributed by atoms with E-state index >= 15 is 0 Å². The van der Waals surface area contributed by atoms with Gasteiger partial charge < -0.3 is 5.32 Å². The molecule has 1 N–H and O–H groups in total. The van der Waals surface area contributed by atoms with Crippen LogP contribution in [0.1, 0.15) is 42.1 Å². The maximum atomic E-state index is 12.2. The van der Waals surface area contributed by atoms with Crippen molar-refractivity contribution >= 4 is 11.5 Å². The van der Waals surface area contributed by atoms with E-state index in [0.717, 1.165) is 37.9 Å². The van der Waals surface area contributed by atoms with Crippen LogP contribution in [0, 0.1) is 0 Å². The van der Waals surface area contributed by atoms with Gasteiger partial charge in [0.15, 0.2) is 5.78 Å². The molecule has 3 nitrogen and oxygen atoms in total. The van der Waals surface area contributed by atoms with Gasteiger partial charge in [-0.25, -0.2) is 0 Å². The van der Waals surface area contributed by atoms with E-state index in [1.807, 2.05) is 19.2 Å². The summed E-state index contributed by atoms with van der Waals surface area (Å²) in [6.07, 6.45) is 4.55. The van der Waals surface area contributed by atoms with Crippen LogP contribution in [-0.4, -0.2) is 37.4 Å². The van der Waals surface area contributed by atoms with Crippen molar-refractivity contribution in [1.29, 1.82) is 0 Å². The Bertz CT molecular complexity index is 442. The van der Waals surface area contributed by atoms with Crippen LogP contribution in [0.5, 0.6) is 0 Å². The molecule has 104 valence electrons. The lowest BCUT2D eigenvalue weighted by atomic mass is 9.99. The Labute approximate surface area is 116 Å². The summed E-state index contributed by atoms with van der Waals surface area (Å²) in [4.78, 5) is 14.4. The topological polar surface area (TPSA) is 32.3 Å². The molecule has 1 aliphatic heterocycles. The third kappa shape index (κ3) is 3.80. The van der Waals surface area contributed by atoms with Crippen LogP contribution in [-0.2, 0) is 6.42 Å². The quantitative estimate of drug-likeness (QED) is 0.798. The molecule has 0 fully saturated rings. The fraction of sp³-hybridized carbons (Fsp3) is 0.562. The Morgan fingerprint density at radius 2 is 2.26 bits per heavy atom. The molecule has 2 rings (SSSR count). The van der Waals surface area contributed by atoms with E-state index in [0.29, 0.717) is 6.54 Å². The molecule has 0 spiro atoms. The number of unbranched alkanes of at least 4 members (excludes halogenated alkanes) is 1. The lowest BCUT2D eigenvalue weighted by Gasteiger charge is -2.19. The zero-order valence-electron chi connectivity index (χ0n) is 12.0. The molecule has 0 unspecified atom stereocenters. The molecule has 0 saturated carbocycles. The van der Waals surface area contributed by atoms with E-state index in [4.69, 9.17) is 0 Å². The summed E-state index contributed by atoms with van der Waals surface area (Å²) in [5.41, 5.74) is 3.33. The van der Waals surface area contributed by atoms with Crippen molar-refractivity contribution in [3.05, 3.63) is 29.3 Å². The molecule has 1 heterocycles. The van der Waals surface area contributed by atoms with Gasteiger partial charge in [-0.05, 0) is 56.6 Å². The second-order valence-corrected chi connectivity index (χ2v) is 5.42. The van der Waals surface area contributed by atoms with Crippen molar-refractivity contribution < 1.29 is 4.79 Å². The van der Waals surface area contributed by atoms with Crippen LogP contribution >= 0.6 is 0 Å². The maximum absolute atomic E-state index is 12.2. The summed E-state index contributed by atoms with van der Waals surface area (Å²) in [6, 6.07) is 6.07. The largest absolute Gasteiger partial charge is 0.385 e. The number of anilines is 1. The second kappa shape index (κ2) is 6.71. The monoisotopic (exact) mass is 260 g/mol. The summed E-state index contributed by atoms with van der Waals surface area (Å²) < 4.78 is 0. The van der Waals surface area contributed by atoms with Crippen LogP contribution in [0.4, 0.5) is 5.69 Å². The molecule has 0 saturated heterocycles. The average Bonchev–Trinajstić information content (AvgIpc) is 2.44. The average molecular weight is 260 g/mol. The molecule has 1 aliphatic rings. The Balaban J connectivity index is 1.99. The predicted octanol–water partition coefficient (Wildman–Crippen LogP) is 2.96. The molecule has 19 heavy (non-hydrogen) atoms. The fourth-order valence-electron chi connectivity index (χ4n) is 2.49. The van der Waals surface area contributed by atoms with Gasteiger partial charge >= 0.3 is 0 Å². The van der Waals surface area contributed by atoms with Gasteiger partial charge in [-0.2, -0.15) is 0 Å². The number of likely N-dealkylation sites (N-methyl/N-ethyl adjacent to an activating group) is 1. The molecule has 1 aromatic carbocycles. The minimum atomic E-state index is 0.229. The summed E-state index contributed by atoms with van der Waals surface area (Å²) in [7, 11) is 2.02. The van der Waals surface area contributed by atoms with Crippen molar-refractivity contribution in [3.63, 3.8) is 0 Å². The number of carbonyl (C=O) groups is 1. The molecule has 0 bridgehead atoms. The highest BCUT2D eigenvalue weighted by molar-refractivity contribution is 5.98. The van der Waals surface area contributed by atoms with Crippen LogP contribution in [0.15, 0.2) is 18.2 Å². The second-order valence-electron chi connectivity index (χ2n) is 5.42. The molecule has 0 atom stereocenters. The van der Waals surface area contributed by atoms with Crippen LogP contribution in [0.2, 0.25) is 0 Å². The first kappa shape index (κ1) is 14.1. The number of carbonyl (C=O) groups excluding carboxylic acids is 1. The fourth-order valence-corrected chi connectivity index (χ4v) is 2.49. The zero-order chi connectivity index (χ0) is 13.7. The van der Waals surface area contributed by atoms with Crippen molar-refractivity contribution in [1.82, 2.24) is 4.90 Å². The van der Waals surface area contributed by atoms with Crippen LogP contribution < -0.4 is 5.32 Å². The minimum Gasteiger partial charge on any atom is -0.385 e. The summed E-state index contributed by atoms with van der Waals surface area (Å²) >= 11 is 0. The van der Waals surface area contributed by atoms with Gasteiger partial charge in [-0.15, -0.1) is 0 Å². The van der Waals surface area contributed by atoms with Crippen molar-refractivity contribution in [3.8, 4) is 0 Å². The first-order chi connectivity index (χ1) is 9.20. The summed E-state index contributed by atoms with van der Waals surface area (Å²) in [6.45, 7) is 4.73. The molecular weight excluding hydrogens is 236 g/mol. The third-order valence-corrected chi connectivity index (χ3v) is 3.67. The molecule has 1 aromatic rings. The van der Waals surface area contributed by atoms with Gasteiger partial charge in [-0.3, -0.25) is 9.69 Å². The lowest BCUT2D eigenvalue weighted by Crippen LogP contribution is -2.27. The molecule has 0 aliphatic carbocycles. The number of fused-ring (bicyclic) bond motifs is 1. The number of ketones is 1. The van der Waals surface area contributed by atoms with Gasteiger partial charge in [-0.1, -0.05) is 13.3 Å². The van der Waals surface area contributed by atoms with Crippen LogP contribution in [0.25, 0.3) is 0 Å². The Hall–Kier alpha value is -1.35. The third-order valence-electron chi connectivity index (χ3n) is 3.67. The highest BCUT2D eigenvalue weighted by Gasteiger charge is 2.13. The Morgan fingerprint density at radius 3 is 3.05 bits per heavy atom. The van der Waals surface area contributed by atoms with E-state index < -0.39 is 0 Å². The minimum absolute atomic E-state index is 0.229. The number of hydrogen-bond donors (Lipinski definition) is 1. The number of nitrogens with zero attached hydrogens (tertiary/aromatic N) is 1. The predicted molar refractivity (Wildman–Crippen MR) is 80.0 cm³/mol. The Kier molecular flexibility index (Phi) is 4.97. The summed E-state index contributed by atoms with van der Waals surface area (Å²) in [5, 5.41) is 3.38. The smallest absolute Gasteiger partial charge is 0.176 e. The molecule has 0 aromatic heterocycles. The SMILES string of the molecule is CCCCN(C)CC(=O)c1ccc2c(c1)CCCN2. The van der Waals surface area contributed by atoms with Crippen molar-refractivity contribution in [2.24, 2.45) is 0 Å². The molecule has 3 heteroatoms. The first-order valence-electron chi connectivity index (χ1n) is 7.29. The number of rotatable bonds is 6. The molecule has 0 radical (unpaired) electrons. The van der Waals surface area contributed by atoms with Gasteiger partial charge in [0, 0.05) is 17.8 Å². The van der Waals surface area contributed by atoms with Crippen LogP contribution in [0.3, 0.4) is 0 Å². The number of nitrogens with one attached hydrogen (secondary N) is 1. The maximum Gasteiger partial charge on any atom is 0.176 e. The van der Waals surface area contributed by atoms with E-state index in [-0.39, 0.29) is 5.78 Å². The van der Waals surface area contributed by atoms with Crippen molar-refractivity contribution in [2.45, 2.75) is 32.6 Å². The first-order valence-corrected chi connectivity index (χ1v) is 7.29. The normalized spacial score (nSPS) is 14.1.